The maximum atomic E-state index is 12.5. The number of rotatable bonds is 6. The van der Waals surface area contributed by atoms with Crippen molar-refractivity contribution in [3.8, 4) is 0 Å². The van der Waals surface area contributed by atoms with E-state index in [1.54, 1.807) is 18.5 Å². The average Bonchev–Trinajstić information content (AvgIpc) is 2.73. The van der Waals surface area contributed by atoms with Gasteiger partial charge in [-0.2, -0.15) is 0 Å². The highest BCUT2D eigenvalue weighted by Gasteiger charge is 2.12. The number of hydrogen-bond acceptors (Lipinski definition) is 4. The summed E-state index contributed by atoms with van der Waals surface area (Å²) >= 11 is 0. The molecule has 0 bridgehead atoms. The van der Waals surface area contributed by atoms with Gasteiger partial charge in [-0.15, -0.1) is 0 Å². The fraction of sp³-hybridized carbons (Fsp3) is 0.182. The van der Waals surface area contributed by atoms with Crippen LogP contribution >= 0.6 is 0 Å². The van der Waals surface area contributed by atoms with E-state index in [1.807, 2.05) is 36.4 Å². The molecule has 0 aliphatic heterocycles. The minimum atomic E-state index is -0.340. The largest absolute Gasteiger partial charge is 0.347 e. The van der Waals surface area contributed by atoms with E-state index in [9.17, 15) is 9.59 Å². The summed E-state index contributed by atoms with van der Waals surface area (Å²) in [7, 11) is 0. The third kappa shape index (κ3) is 5.01. The minimum absolute atomic E-state index is 0.192. The van der Waals surface area contributed by atoms with Crippen LogP contribution in [0.2, 0.25) is 0 Å². The summed E-state index contributed by atoms with van der Waals surface area (Å²) < 4.78 is 0. The molecule has 28 heavy (non-hydrogen) atoms. The summed E-state index contributed by atoms with van der Waals surface area (Å²) in [4.78, 5) is 32.8. The molecule has 0 aliphatic carbocycles. The zero-order valence-electron chi connectivity index (χ0n) is 15.8. The zero-order valence-corrected chi connectivity index (χ0v) is 15.8. The quantitative estimate of drug-likeness (QED) is 0.688. The van der Waals surface area contributed by atoms with Crippen LogP contribution < -0.4 is 10.6 Å². The molecule has 6 heteroatoms. The smallest absolute Gasteiger partial charge is 0.270 e. The second-order valence-electron chi connectivity index (χ2n) is 6.70. The lowest BCUT2D eigenvalue weighted by Gasteiger charge is -2.09. The molecule has 0 atom stereocenters. The molecular weight excluding hydrogens is 352 g/mol. The predicted octanol–water partition coefficient (Wildman–Crippen LogP) is 3.78. The summed E-state index contributed by atoms with van der Waals surface area (Å²) in [5.41, 5.74) is 3.40. The lowest BCUT2D eigenvalue weighted by Crippen LogP contribution is -2.24. The molecule has 0 spiro atoms. The molecule has 0 unspecified atom stereocenters. The Balaban J connectivity index is 1.64. The van der Waals surface area contributed by atoms with Crippen molar-refractivity contribution in [3.05, 3.63) is 89.5 Å². The molecule has 3 aromatic rings. The van der Waals surface area contributed by atoms with Gasteiger partial charge >= 0.3 is 0 Å². The van der Waals surface area contributed by atoms with Crippen LogP contribution in [-0.4, -0.2) is 21.8 Å². The maximum absolute atomic E-state index is 12.5. The second-order valence-corrected chi connectivity index (χ2v) is 6.70. The van der Waals surface area contributed by atoms with E-state index in [0.29, 0.717) is 23.7 Å². The third-order valence-electron chi connectivity index (χ3n) is 4.29. The van der Waals surface area contributed by atoms with Gasteiger partial charge in [-0.25, -0.2) is 0 Å². The van der Waals surface area contributed by atoms with Crippen LogP contribution in [0.1, 0.15) is 51.7 Å². The lowest BCUT2D eigenvalue weighted by molar-refractivity contribution is 0.0946. The van der Waals surface area contributed by atoms with Gasteiger partial charge in [0, 0.05) is 36.4 Å². The van der Waals surface area contributed by atoms with Gasteiger partial charge in [-0.3, -0.25) is 19.6 Å². The predicted molar refractivity (Wildman–Crippen MR) is 108 cm³/mol. The molecule has 142 valence electrons. The first-order valence-electron chi connectivity index (χ1n) is 9.07. The summed E-state index contributed by atoms with van der Waals surface area (Å²) in [6, 6.07) is 14.4. The molecule has 2 amide bonds. The molecule has 0 saturated carbocycles. The monoisotopic (exact) mass is 374 g/mol. The van der Waals surface area contributed by atoms with Crippen molar-refractivity contribution in [3.63, 3.8) is 0 Å². The van der Waals surface area contributed by atoms with E-state index >= 15 is 0 Å². The Bertz CT molecular complexity index is 954. The first-order chi connectivity index (χ1) is 13.5. The van der Waals surface area contributed by atoms with E-state index in [0.717, 1.165) is 5.56 Å². The minimum Gasteiger partial charge on any atom is -0.347 e. The van der Waals surface area contributed by atoms with Crippen LogP contribution in [0, 0.1) is 0 Å². The highest BCUT2D eigenvalue weighted by molar-refractivity contribution is 6.05. The molecule has 2 aromatic heterocycles. The molecule has 0 aliphatic rings. The normalized spacial score (nSPS) is 10.5. The van der Waals surface area contributed by atoms with Crippen molar-refractivity contribution in [2.45, 2.75) is 26.3 Å². The Hall–Kier alpha value is -3.54. The summed E-state index contributed by atoms with van der Waals surface area (Å²) in [6.45, 7) is 4.60. The molecule has 2 heterocycles. The molecule has 6 nitrogen and oxygen atoms in total. The summed E-state index contributed by atoms with van der Waals surface area (Å²) in [6.07, 6.45) is 4.79. The SMILES string of the molecule is CC(C)c1ccc(NC(=O)c2ccnc(C(=O)NCc3ccncc3)c2)cc1. The number of nitrogens with zero attached hydrogens (tertiary/aromatic N) is 2. The van der Waals surface area contributed by atoms with Crippen molar-refractivity contribution in [1.82, 2.24) is 15.3 Å². The van der Waals surface area contributed by atoms with Crippen LogP contribution in [0.3, 0.4) is 0 Å². The Morgan fingerprint density at radius 2 is 1.64 bits per heavy atom. The van der Waals surface area contributed by atoms with E-state index in [1.165, 1.54) is 17.8 Å². The lowest BCUT2D eigenvalue weighted by atomic mass is 10.0. The number of carbonyl (C=O) groups is 2. The van der Waals surface area contributed by atoms with Crippen LogP contribution in [0.15, 0.2) is 67.1 Å². The Labute approximate surface area is 164 Å². The van der Waals surface area contributed by atoms with Gasteiger partial charge in [0.05, 0.1) is 0 Å². The van der Waals surface area contributed by atoms with Gasteiger partial charge in [-0.05, 0) is 53.4 Å². The second kappa shape index (κ2) is 8.90. The average molecular weight is 374 g/mol. The summed E-state index contributed by atoms with van der Waals surface area (Å²) in [5.74, 6) is -0.200. The van der Waals surface area contributed by atoms with Gasteiger partial charge in [0.15, 0.2) is 0 Å². The third-order valence-corrected chi connectivity index (χ3v) is 4.29. The van der Waals surface area contributed by atoms with Gasteiger partial charge in [0.2, 0.25) is 0 Å². The van der Waals surface area contributed by atoms with Crippen LogP contribution in [-0.2, 0) is 6.54 Å². The van der Waals surface area contributed by atoms with E-state index in [-0.39, 0.29) is 17.5 Å². The zero-order chi connectivity index (χ0) is 19.9. The summed E-state index contributed by atoms with van der Waals surface area (Å²) in [5, 5.41) is 5.63. The number of aromatic nitrogens is 2. The van der Waals surface area contributed by atoms with Gasteiger partial charge < -0.3 is 10.6 Å². The Morgan fingerprint density at radius 3 is 2.32 bits per heavy atom. The molecular formula is C22H22N4O2. The number of benzene rings is 1. The van der Waals surface area contributed by atoms with Crippen LogP contribution in [0.4, 0.5) is 5.69 Å². The van der Waals surface area contributed by atoms with Gasteiger partial charge in [-0.1, -0.05) is 26.0 Å². The number of hydrogen-bond donors (Lipinski definition) is 2. The van der Waals surface area contributed by atoms with Crippen molar-refractivity contribution in [1.29, 1.82) is 0 Å². The molecule has 0 fully saturated rings. The number of anilines is 1. The van der Waals surface area contributed by atoms with Crippen molar-refractivity contribution in [2.24, 2.45) is 0 Å². The molecule has 0 saturated heterocycles. The Morgan fingerprint density at radius 1 is 0.929 bits per heavy atom. The Kier molecular flexibility index (Phi) is 6.11. The highest BCUT2D eigenvalue weighted by Crippen LogP contribution is 2.17. The highest BCUT2D eigenvalue weighted by atomic mass is 16.2. The standard InChI is InChI=1S/C22H22N4O2/c1-15(2)17-3-5-19(6-4-17)26-21(27)18-9-12-24-20(13-18)22(28)25-14-16-7-10-23-11-8-16/h3-13,15H,14H2,1-2H3,(H,25,28)(H,26,27). The van der Waals surface area contributed by atoms with E-state index in [4.69, 9.17) is 0 Å². The number of carbonyl (C=O) groups excluding carboxylic acids is 2. The number of nitrogens with one attached hydrogen (secondary N) is 2. The first-order valence-corrected chi connectivity index (χ1v) is 9.07. The van der Waals surface area contributed by atoms with Gasteiger partial charge in [0.1, 0.15) is 5.69 Å². The molecule has 3 rings (SSSR count). The van der Waals surface area contributed by atoms with Crippen LogP contribution in [0.5, 0.6) is 0 Å². The fourth-order valence-electron chi connectivity index (χ4n) is 2.62. The van der Waals surface area contributed by atoms with Gasteiger partial charge in [0.25, 0.3) is 11.8 Å². The number of amides is 2. The number of pyridine rings is 2. The van der Waals surface area contributed by atoms with Crippen molar-refractivity contribution >= 4 is 17.5 Å². The molecule has 2 N–H and O–H groups in total. The molecule has 0 radical (unpaired) electrons. The van der Waals surface area contributed by atoms with Crippen molar-refractivity contribution in [2.75, 3.05) is 5.32 Å². The van der Waals surface area contributed by atoms with E-state index in [2.05, 4.69) is 34.4 Å². The molecule has 1 aromatic carbocycles. The first kappa shape index (κ1) is 19.2. The maximum Gasteiger partial charge on any atom is 0.270 e. The fourth-order valence-corrected chi connectivity index (χ4v) is 2.62. The van der Waals surface area contributed by atoms with Crippen molar-refractivity contribution < 1.29 is 9.59 Å². The van der Waals surface area contributed by atoms with E-state index < -0.39 is 0 Å². The van der Waals surface area contributed by atoms with Crippen LogP contribution in [0.25, 0.3) is 0 Å². The topological polar surface area (TPSA) is 84.0 Å².